The number of carbonyl (C=O) groups excluding carboxylic acids is 1. The molecule has 1 aromatic heterocycles. The SMILES string of the molecule is O=C(Nc1ccc(=O)n(Cc2ccccc2Cl)c1)[C@H]1C[C@H]1c1ccc(F)cc1. The molecule has 0 unspecified atom stereocenters. The second-order valence-corrected chi connectivity index (χ2v) is 7.37. The van der Waals surface area contributed by atoms with E-state index in [9.17, 15) is 14.0 Å². The maximum absolute atomic E-state index is 13.0. The molecule has 1 aliphatic rings. The highest BCUT2D eigenvalue weighted by atomic mass is 35.5. The second-order valence-electron chi connectivity index (χ2n) is 6.96. The fourth-order valence-corrected chi connectivity index (χ4v) is 3.53. The molecule has 1 fully saturated rings. The van der Waals surface area contributed by atoms with Gasteiger partial charge in [0.25, 0.3) is 5.56 Å². The summed E-state index contributed by atoms with van der Waals surface area (Å²) in [6.07, 6.45) is 2.36. The zero-order valence-electron chi connectivity index (χ0n) is 14.9. The van der Waals surface area contributed by atoms with E-state index in [0.717, 1.165) is 17.5 Å². The van der Waals surface area contributed by atoms with Crippen LogP contribution < -0.4 is 10.9 Å². The van der Waals surface area contributed by atoms with Gasteiger partial charge in [-0.3, -0.25) is 9.59 Å². The largest absolute Gasteiger partial charge is 0.325 e. The van der Waals surface area contributed by atoms with E-state index < -0.39 is 0 Å². The third-order valence-corrected chi connectivity index (χ3v) is 5.34. The van der Waals surface area contributed by atoms with E-state index in [2.05, 4.69) is 5.32 Å². The molecule has 0 aliphatic heterocycles. The molecule has 0 bridgehead atoms. The highest BCUT2D eigenvalue weighted by molar-refractivity contribution is 6.31. The fourth-order valence-electron chi connectivity index (χ4n) is 3.34. The lowest BCUT2D eigenvalue weighted by Gasteiger charge is -2.11. The first-order valence-electron chi connectivity index (χ1n) is 9.01. The molecular formula is C22H18ClFN2O2. The highest BCUT2D eigenvalue weighted by Crippen LogP contribution is 2.47. The zero-order chi connectivity index (χ0) is 19.7. The maximum Gasteiger partial charge on any atom is 0.250 e. The molecule has 2 atom stereocenters. The van der Waals surface area contributed by atoms with Crippen LogP contribution in [0.4, 0.5) is 10.1 Å². The standard InChI is InChI=1S/C22H18ClFN2O2/c23-20-4-2-1-3-15(20)12-26-13-17(9-10-21(26)27)25-22(28)19-11-18(19)14-5-7-16(24)8-6-14/h1-10,13,18-19H,11-12H2,(H,25,28)/t18-,19-/m0/s1. The first-order valence-corrected chi connectivity index (χ1v) is 9.39. The molecule has 4 rings (SSSR count). The van der Waals surface area contributed by atoms with Gasteiger partial charge in [-0.05, 0) is 47.7 Å². The van der Waals surface area contributed by atoms with Crippen molar-refractivity contribution >= 4 is 23.2 Å². The van der Waals surface area contributed by atoms with Crippen molar-refractivity contribution in [1.82, 2.24) is 4.57 Å². The molecule has 1 saturated carbocycles. The maximum atomic E-state index is 13.0. The van der Waals surface area contributed by atoms with Crippen molar-refractivity contribution < 1.29 is 9.18 Å². The molecule has 1 N–H and O–H groups in total. The normalized spacial score (nSPS) is 17.9. The molecule has 0 radical (unpaired) electrons. The molecule has 4 nitrogen and oxygen atoms in total. The van der Waals surface area contributed by atoms with Crippen LogP contribution in [0, 0.1) is 11.7 Å². The van der Waals surface area contributed by atoms with Crippen LogP contribution in [0.5, 0.6) is 0 Å². The summed E-state index contributed by atoms with van der Waals surface area (Å²) >= 11 is 6.18. The Kier molecular flexibility index (Phi) is 5.01. The Hall–Kier alpha value is -2.92. The Balaban J connectivity index is 1.45. The van der Waals surface area contributed by atoms with Crippen molar-refractivity contribution in [3.05, 3.63) is 99.2 Å². The Labute approximate surface area is 166 Å². The molecule has 28 heavy (non-hydrogen) atoms. The van der Waals surface area contributed by atoms with Crippen molar-refractivity contribution in [3.63, 3.8) is 0 Å². The Morgan fingerprint density at radius 1 is 1.11 bits per heavy atom. The summed E-state index contributed by atoms with van der Waals surface area (Å²) in [4.78, 5) is 24.7. The zero-order valence-corrected chi connectivity index (χ0v) is 15.7. The van der Waals surface area contributed by atoms with Crippen LogP contribution in [0.3, 0.4) is 0 Å². The van der Waals surface area contributed by atoms with Gasteiger partial charge in [0.05, 0.1) is 12.2 Å². The number of pyridine rings is 1. The van der Waals surface area contributed by atoms with Crippen molar-refractivity contribution in [2.45, 2.75) is 18.9 Å². The topological polar surface area (TPSA) is 51.1 Å². The minimum atomic E-state index is -0.286. The number of benzene rings is 2. The molecule has 0 saturated heterocycles. The highest BCUT2D eigenvalue weighted by Gasteiger charge is 2.43. The van der Waals surface area contributed by atoms with E-state index >= 15 is 0 Å². The number of aromatic nitrogens is 1. The van der Waals surface area contributed by atoms with Crippen LogP contribution in [-0.2, 0) is 11.3 Å². The summed E-state index contributed by atoms with van der Waals surface area (Å²) in [5, 5.41) is 3.46. The summed E-state index contributed by atoms with van der Waals surface area (Å²) < 4.78 is 14.6. The molecular weight excluding hydrogens is 379 g/mol. The summed E-state index contributed by atoms with van der Waals surface area (Å²) in [6, 6.07) is 16.6. The van der Waals surface area contributed by atoms with E-state index in [-0.39, 0.29) is 29.1 Å². The van der Waals surface area contributed by atoms with Crippen molar-refractivity contribution in [1.29, 1.82) is 0 Å². The first kappa shape index (κ1) is 18.4. The van der Waals surface area contributed by atoms with Gasteiger partial charge < -0.3 is 9.88 Å². The minimum Gasteiger partial charge on any atom is -0.325 e. The first-order chi connectivity index (χ1) is 13.5. The molecule has 1 heterocycles. The van der Waals surface area contributed by atoms with Crippen LogP contribution in [0.2, 0.25) is 5.02 Å². The summed E-state index contributed by atoms with van der Waals surface area (Å²) in [5.74, 6) is -0.424. The molecule has 142 valence electrons. The number of amides is 1. The van der Waals surface area contributed by atoms with Crippen LogP contribution >= 0.6 is 11.6 Å². The lowest BCUT2D eigenvalue weighted by atomic mass is 10.1. The summed E-state index contributed by atoms with van der Waals surface area (Å²) in [5.41, 5.74) is 2.17. The number of hydrogen-bond acceptors (Lipinski definition) is 2. The van der Waals surface area contributed by atoms with Gasteiger partial charge in [-0.25, -0.2) is 4.39 Å². The lowest BCUT2D eigenvalue weighted by Crippen LogP contribution is -2.22. The van der Waals surface area contributed by atoms with Crippen LogP contribution in [0.15, 0.2) is 71.7 Å². The Bertz CT molecular complexity index is 1080. The number of hydrogen-bond donors (Lipinski definition) is 1. The summed E-state index contributed by atoms with van der Waals surface area (Å²) in [6.45, 7) is 0.323. The van der Waals surface area contributed by atoms with E-state index in [1.165, 1.54) is 22.8 Å². The Morgan fingerprint density at radius 2 is 1.86 bits per heavy atom. The average Bonchev–Trinajstić information content (AvgIpc) is 3.48. The third kappa shape index (κ3) is 3.99. The second kappa shape index (κ2) is 7.60. The predicted octanol–water partition coefficient (Wildman–Crippen LogP) is 4.43. The van der Waals surface area contributed by atoms with Crippen LogP contribution in [0.25, 0.3) is 0 Å². The van der Waals surface area contributed by atoms with Crippen molar-refractivity contribution in [2.24, 2.45) is 5.92 Å². The lowest BCUT2D eigenvalue weighted by molar-refractivity contribution is -0.117. The quantitative estimate of drug-likeness (QED) is 0.693. The minimum absolute atomic E-state index is 0.0998. The van der Waals surface area contributed by atoms with E-state index in [1.807, 2.05) is 18.2 Å². The van der Waals surface area contributed by atoms with Crippen LogP contribution in [0.1, 0.15) is 23.5 Å². The van der Waals surface area contributed by atoms with Gasteiger partial charge >= 0.3 is 0 Å². The van der Waals surface area contributed by atoms with E-state index in [0.29, 0.717) is 17.3 Å². The number of nitrogens with zero attached hydrogens (tertiary/aromatic N) is 1. The molecule has 2 aromatic carbocycles. The smallest absolute Gasteiger partial charge is 0.250 e. The number of rotatable bonds is 5. The number of halogens is 2. The molecule has 3 aromatic rings. The number of nitrogens with one attached hydrogen (secondary N) is 1. The van der Waals surface area contributed by atoms with Gasteiger partial charge in [0.2, 0.25) is 5.91 Å². The van der Waals surface area contributed by atoms with Crippen molar-refractivity contribution in [3.8, 4) is 0 Å². The molecule has 0 spiro atoms. The van der Waals surface area contributed by atoms with Crippen LogP contribution in [-0.4, -0.2) is 10.5 Å². The molecule has 1 amide bonds. The van der Waals surface area contributed by atoms with Gasteiger partial charge in [0.15, 0.2) is 0 Å². The van der Waals surface area contributed by atoms with Gasteiger partial charge in [-0.1, -0.05) is 41.9 Å². The monoisotopic (exact) mass is 396 g/mol. The van der Waals surface area contributed by atoms with Gasteiger partial charge in [0, 0.05) is 23.2 Å². The number of anilines is 1. The Morgan fingerprint density at radius 3 is 2.61 bits per heavy atom. The number of carbonyl (C=O) groups is 1. The molecule has 6 heteroatoms. The molecule has 1 aliphatic carbocycles. The average molecular weight is 397 g/mol. The van der Waals surface area contributed by atoms with Crippen molar-refractivity contribution in [2.75, 3.05) is 5.32 Å². The van der Waals surface area contributed by atoms with Gasteiger partial charge in [0.1, 0.15) is 5.82 Å². The fraction of sp³-hybridized carbons (Fsp3) is 0.182. The van der Waals surface area contributed by atoms with E-state index in [1.54, 1.807) is 30.5 Å². The van der Waals surface area contributed by atoms with E-state index in [4.69, 9.17) is 11.6 Å². The van der Waals surface area contributed by atoms with Gasteiger partial charge in [-0.2, -0.15) is 0 Å². The summed E-state index contributed by atoms with van der Waals surface area (Å²) in [7, 11) is 0. The predicted molar refractivity (Wildman–Crippen MR) is 107 cm³/mol. The third-order valence-electron chi connectivity index (χ3n) is 4.97. The van der Waals surface area contributed by atoms with Gasteiger partial charge in [-0.15, -0.1) is 0 Å².